The molecule has 0 saturated carbocycles. The molecule has 2 rings (SSSR count). The molecule has 0 amide bonds. The summed E-state index contributed by atoms with van der Waals surface area (Å²) in [6, 6.07) is 8.91. The lowest BCUT2D eigenvalue weighted by Gasteiger charge is -2.14. The van der Waals surface area contributed by atoms with E-state index >= 15 is 0 Å². The maximum absolute atomic E-state index is 9.49. The van der Waals surface area contributed by atoms with Crippen molar-refractivity contribution in [1.82, 2.24) is 9.78 Å². The number of aromatic hydroxyl groups is 1. The number of phenolic OH excluding ortho intramolecular Hbond substituents is 1. The minimum atomic E-state index is 0.219. The topological polar surface area (TPSA) is 67.3 Å². The molecular formula is C12H16N4O. The van der Waals surface area contributed by atoms with E-state index < -0.39 is 0 Å². The molecule has 0 aliphatic rings. The SMILES string of the molecule is CN(C)c1cc(CN)nn1-c1cccc(O)c1. The van der Waals surface area contributed by atoms with Gasteiger partial charge in [-0.1, -0.05) is 6.07 Å². The van der Waals surface area contributed by atoms with E-state index in [0.717, 1.165) is 17.2 Å². The highest BCUT2D eigenvalue weighted by molar-refractivity contribution is 5.49. The van der Waals surface area contributed by atoms with Gasteiger partial charge >= 0.3 is 0 Å². The third-order valence-electron chi connectivity index (χ3n) is 2.48. The van der Waals surface area contributed by atoms with E-state index in [1.165, 1.54) is 0 Å². The van der Waals surface area contributed by atoms with Gasteiger partial charge in [-0.25, -0.2) is 4.68 Å². The van der Waals surface area contributed by atoms with E-state index in [1.54, 1.807) is 22.9 Å². The number of aromatic nitrogens is 2. The first-order valence-corrected chi connectivity index (χ1v) is 5.37. The van der Waals surface area contributed by atoms with Crippen molar-refractivity contribution in [3.8, 4) is 11.4 Å². The minimum absolute atomic E-state index is 0.219. The summed E-state index contributed by atoms with van der Waals surface area (Å²) >= 11 is 0. The number of benzene rings is 1. The maximum atomic E-state index is 9.49. The van der Waals surface area contributed by atoms with Crippen LogP contribution in [0.2, 0.25) is 0 Å². The van der Waals surface area contributed by atoms with E-state index in [1.807, 2.05) is 31.1 Å². The smallest absolute Gasteiger partial charge is 0.132 e. The lowest BCUT2D eigenvalue weighted by Crippen LogP contribution is -2.14. The fourth-order valence-corrected chi connectivity index (χ4v) is 1.65. The number of hydrogen-bond donors (Lipinski definition) is 2. The summed E-state index contributed by atoms with van der Waals surface area (Å²) in [7, 11) is 3.88. The fourth-order valence-electron chi connectivity index (χ4n) is 1.65. The Morgan fingerprint density at radius 1 is 1.35 bits per heavy atom. The Morgan fingerprint density at radius 3 is 2.71 bits per heavy atom. The van der Waals surface area contributed by atoms with Crippen molar-refractivity contribution in [3.05, 3.63) is 36.0 Å². The molecule has 0 bridgehead atoms. The quantitative estimate of drug-likeness (QED) is 0.831. The van der Waals surface area contributed by atoms with Crippen LogP contribution in [0.5, 0.6) is 5.75 Å². The molecule has 0 unspecified atom stereocenters. The van der Waals surface area contributed by atoms with Crippen molar-refractivity contribution in [3.63, 3.8) is 0 Å². The molecule has 5 heteroatoms. The van der Waals surface area contributed by atoms with Gasteiger partial charge in [-0.15, -0.1) is 0 Å². The highest BCUT2D eigenvalue weighted by Crippen LogP contribution is 2.21. The van der Waals surface area contributed by atoms with E-state index in [0.29, 0.717) is 6.54 Å². The summed E-state index contributed by atoms with van der Waals surface area (Å²) in [6.07, 6.45) is 0. The number of phenols is 1. The summed E-state index contributed by atoms with van der Waals surface area (Å²) < 4.78 is 1.77. The molecule has 90 valence electrons. The van der Waals surface area contributed by atoms with Gasteiger partial charge in [0.1, 0.15) is 11.6 Å². The molecule has 17 heavy (non-hydrogen) atoms. The van der Waals surface area contributed by atoms with Crippen molar-refractivity contribution in [2.75, 3.05) is 19.0 Å². The Morgan fingerprint density at radius 2 is 2.12 bits per heavy atom. The minimum Gasteiger partial charge on any atom is -0.508 e. The molecule has 0 fully saturated rings. The van der Waals surface area contributed by atoms with Crippen molar-refractivity contribution in [2.45, 2.75) is 6.54 Å². The van der Waals surface area contributed by atoms with E-state index in [2.05, 4.69) is 5.10 Å². The number of nitrogens with two attached hydrogens (primary N) is 1. The Hall–Kier alpha value is -2.01. The average Bonchev–Trinajstić information content (AvgIpc) is 2.73. The van der Waals surface area contributed by atoms with Gasteiger partial charge in [-0.2, -0.15) is 5.10 Å². The van der Waals surface area contributed by atoms with Gasteiger partial charge in [0.15, 0.2) is 0 Å². The Kier molecular flexibility index (Phi) is 3.01. The third-order valence-corrected chi connectivity index (χ3v) is 2.48. The third kappa shape index (κ3) is 2.24. The van der Waals surface area contributed by atoms with Gasteiger partial charge in [-0.3, -0.25) is 0 Å². The van der Waals surface area contributed by atoms with Crippen molar-refractivity contribution in [2.24, 2.45) is 5.73 Å². The molecule has 0 aliphatic carbocycles. The molecule has 1 heterocycles. The van der Waals surface area contributed by atoms with E-state index in [-0.39, 0.29) is 5.75 Å². The first-order chi connectivity index (χ1) is 8.11. The zero-order chi connectivity index (χ0) is 12.4. The van der Waals surface area contributed by atoms with Gasteiger partial charge in [0.25, 0.3) is 0 Å². The Bertz CT molecular complexity index is 519. The lowest BCUT2D eigenvalue weighted by molar-refractivity contribution is 0.475. The molecule has 3 N–H and O–H groups in total. The van der Waals surface area contributed by atoms with Crippen LogP contribution in [0.4, 0.5) is 5.82 Å². The van der Waals surface area contributed by atoms with Gasteiger partial charge in [0.05, 0.1) is 11.4 Å². The number of nitrogens with zero attached hydrogens (tertiary/aromatic N) is 3. The molecule has 0 radical (unpaired) electrons. The fraction of sp³-hybridized carbons (Fsp3) is 0.250. The van der Waals surface area contributed by atoms with Crippen LogP contribution in [0.15, 0.2) is 30.3 Å². The largest absolute Gasteiger partial charge is 0.508 e. The first kappa shape index (κ1) is 11.5. The molecule has 0 aliphatic heterocycles. The molecular weight excluding hydrogens is 216 g/mol. The molecule has 1 aromatic carbocycles. The maximum Gasteiger partial charge on any atom is 0.132 e. The Labute approximate surface area is 100 Å². The van der Waals surface area contributed by atoms with Crippen LogP contribution in [0.25, 0.3) is 5.69 Å². The van der Waals surface area contributed by atoms with Crippen LogP contribution in [0.1, 0.15) is 5.69 Å². The number of hydrogen-bond acceptors (Lipinski definition) is 4. The zero-order valence-corrected chi connectivity index (χ0v) is 9.96. The van der Waals surface area contributed by atoms with Gasteiger partial charge in [0.2, 0.25) is 0 Å². The highest BCUT2D eigenvalue weighted by atomic mass is 16.3. The molecule has 0 spiro atoms. The number of anilines is 1. The molecule has 1 aromatic heterocycles. The van der Waals surface area contributed by atoms with Crippen molar-refractivity contribution >= 4 is 5.82 Å². The van der Waals surface area contributed by atoms with Crippen LogP contribution in [-0.2, 0) is 6.54 Å². The highest BCUT2D eigenvalue weighted by Gasteiger charge is 2.10. The predicted molar refractivity (Wildman–Crippen MR) is 67.4 cm³/mol. The van der Waals surface area contributed by atoms with E-state index in [4.69, 9.17) is 5.73 Å². The second-order valence-electron chi connectivity index (χ2n) is 4.02. The molecule has 0 atom stereocenters. The van der Waals surface area contributed by atoms with Crippen LogP contribution < -0.4 is 10.6 Å². The van der Waals surface area contributed by atoms with Crippen LogP contribution in [0, 0.1) is 0 Å². The summed E-state index contributed by atoms with van der Waals surface area (Å²) in [5.74, 6) is 1.15. The first-order valence-electron chi connectivity index (χ1n) is 5.37. The van der Waals surface area contributed by atoms with E-state index in [9.17, 15) is 5.11 Å². The summed E-state index contributed by atoms with van der Waals surface area (Å²) in [5.41, 5.74) is 7.23. The normalized spacial score (nSPS) is 10.5. The molecule has 5 nitrogen and oxygen atoms in total. The summed E-state index contributed by atoms with van der Waals surface area (Å²) in [5, 5.41) is 13.9. The second-order valence-corrected chi connectivity index (χ2v) is 4.02. The standard InChI is InChI=1S/C12H16N4O/c1-15(2)12-6-9(8-13)14-16(12)10-4-3-5-11(17)7-10/h3-7,17H,8,13H2,1-2H3. The summed E-state index contributed by atoms with van der Waals surface area (Å²) in [6.45, 7) is 0.395. The molecule has 0 saturated heterocycles. The molecule has 2 aromatic rings. The number of rotatable bonds is 3. The average molecular weight is 232 g/mol. The second kappa shape index (κ2) is 4.47. The Balaban J connectivity index is 2.53. The summed E-state index contributed by atoms with van der Waals surface area (Å²) in [4.78, 5) is 1.95. The monoisotopic (exact) mass is 232 g/mol. The van der Waals surface area contributed by atoms with Crippen LogP contribution in [-0.4, -0.2) is 29.0 Å². The zero-order valence-electron chi connectivity index (χ0n) is 9.96. The van der Waals surface area contributed by atoms with Crippen LogP contribution in [0.3, 0.4) is 0 Å². The van der Waals surface area contributed by atoms with Gasteiger partial charge in [-0.05, 0) is 12.1 Å². The van der Waals surface area contributed by atoms with Gasteiger partial charge in [0, 0.05) is 32.8 Å². The van der Waals surface area contributed by atoms with Gasteiger partial charge < -0.3 is 15.7 Å². The predicted octanol–water partition coefficient (Wildman–Crippen LogP) is 1.10. The van der Waals surface area contributed by atoms with Crippen molar-refractivity contribution in [1.29, 1.82) is 0 Å². The lowest BCUT2D eigenvalue weighted by atomic mass is 10.3. The van der Waals surface area contributed by atoms with Crippen LogP contribution >= 0.6 is 0 Å². The van der Waals surface area contributed by atoms with Crippen molar-refractivity contribution < 1.29 is 5.11 Å².